The molecule has 31 heavy (non-hydrogen) atoms. The van der Waals surface area contributed by atoms with Crippen molar-refractivity contribution in [2.24, 2.45) is 0 Å². The number of hydrogen-bond acceptors (Lipinski definition) is 4. The highest BCUT2D eigenvalue weighted by Gasteiger charge is 2.18. The highest BCUT2D eigenvalue weighted by Crippen LogP contribution is 2.28. The Hall–Kier alpha value is -3.41. The van der Waals surface area contributed by atoms with E-state index in [2.05, 4.69) is 41.4 Å². The molecule has 162 valence electrons. The van der Waals surface area contributed by atoms with Crippen LogP contribution in [0.2, 0.25) is 0 Å². The van der Waals surface area contributed by atoms with E-state index in [1.54, 1.807) is 7.11 Å². The van der Waals surface area contributed by atoms with Gasteiger partial charge in [-0.05, 0) is 49.4 Å². The van der Waals surface area contributed by atoms with Gasteiger partial charge in [0.25, 0.3) is 0 Å². The summed E-state index contributed by atoms with van der Waals surface area (Å²) in [5.41, 5.74) is 3.37. The molecule has 1 amide bonds. The molecule has 0 aromatic heterocycles. The fraction of sp³-hybridized carbons (Fsp3) is 0.346. The molecule has 0 radical (unpaired) electrons. The van der Waals surface area contributed by atoms with Gasteiger partial charge in [-0.3, -0.25) is 4.79 Å². The second kappa shape index (κ2) is 13.0. The van der Waals surface area contributed by atoms with E-state index < -0.39 is 6.10 Å². The van der Waals surface area contributed by atoms with E-state index in [9.17, 15) is 4.79 Å². The largest absolute Gasteiger partial charge is 0.493 e. The molecule has 0 heterocycles. The third-order valence-electron chi connectivity index (χ3n) is 4.73. The monoisotopic (exact) mass is 419 g/mol. The number of nitrogens with one attached hydrogen (secondary N) is 1. The number of terminal acetylenes is 2. The molecule has 1 unspecified atom stereocenters. The molecule has 2 aromatic carbocycles. The Morgan fingerprint density at radius 2 is 1.71 bits per heavy atom. The van der Waals surface area contributed by atoms with Gasteiger partial charge in [0.1, 0.15) is 19.3 Å². The van der Waals surface area contributed by atoms with E-state index in [1.165, 1.54) is 5.56 Å². The standard InChI is InChI=1S/C26H29NO4/c1-5-17-30-23-13-12-22(19-25(23)29-4)15-16-27-26(28)24(31-18-6-2)14-11-21-9-7-20(3)8-10-21/h1-2,7-10,12-13,19,24H,11,14-18H2,3-4H3,(H,27,28). The molecule has 0 spiro atoms. The predicted molar refractivity (Wildman–Crippen MR) is 122 cm³/mol. The lowest BCUT2D eigenvalue weighted by Gasteiger charge is -2.17. The maximum Gasteiger partial charge on any atom is 0.249 e. The van der Waals surface area contributed by atoms with Crippen molar-refractivity contribution in [3.05, 3.63) is 59.2 Å². The molecule has 0 saturated carbocycles. The molecule has 5 nitrogen and oxygen atoms in total. The second-order valence-corrected chi connectivity index (χ2v) is 7.05. The molecule has 0 bridgehead atoms. The van der Waals surface area contributed by atoms with Gasteiger partial charge in [-0.15, -0.1) is 12.8 Å². The van der Waals surface area contributed by atoms with Gasteiger partial charge in [-0.2, -0.15) is 0 Å². The van der Waals surface area contributed by atoms with Crippen molar-refractivity contribution in [2.45, 2.75) is 32.3 Å². The number of hydrogen-bond donors (Lipinski definition) is 1. The van der Waals surface area contributed by atoms with Crippen molar-refractivity contribution in [1.29, 1.82) is 0 Å². The minimum absolute atomic E-state index is 0.0995. The van der Waals surface area contributed by atoms with Crippen molar-refractivity contribution in [3.63, 3.8) is 0 Å². The summed E-state index contributed by atoms with van der Waals surface area (Å²) in [5.74, 6) is 5.89. The number of ether oxygens (including phenoxy) is 3. The molecular weight excluding hydrogens is 390 g/mol. The van der Waals surface area contributed by atoms with Crippen LogP contribution in [0.4, 0.5) is 0 Å². The van der Waals surface area contributed by atoms with Crippen molar-refractivity contribution >= 4 is 5.91 Å². The van der Waals surface area contributed by atoms with Gasteiger partial charge in [-0.25, -0.2) is 0 Å². The number of carbonyl (C=O) groups is 1. The third-order valence-corrected chi connectivity index (χ3v) is 4.73. The summed E-state index contributed by atoms with van der Waals surface area (Å²) in [6.45, 7) is 2.78. The SMILES string of the molecule is C#CCOc1ccc(CCNC(=O)C(CCc2ccc(C)cc2)OCC#C)cc1OC. The molecule has 2 aromatic rings. The molecule has 1 atom stereocenters. The number of carbonyl (C=O) groups excluding carboxylic acids is 1. The van der Waals surface area contributed by atoms with E-state index in [4.69, 9.17) is 27.1 Å². The maximum absolute atomic E-state index is 12.6. The fourth-order valence-corrected chi connectivity index (χ4v) is 3.04. The lowest BCUT2D eigenvalue weighted by atomic mass is 10.0. The smallest absolute Gasteiger partial charge is 0.249 e. The second-order valence-electron chi connectivity index (χ2n) is 7.05. The first-order valence-electron chi connectivity index (χ1n) is 10.2. The quantitative estimate of drug-likeness (QED) is 0.536. The van der Waals surface area contributed by atoms with Gasteiger partial charge in [0, 0.05) is 6.54 Å². The van der Waals surface area contributed by atoms with Crippen LogP contribution in [0.5, 0.6) is 11.5 Å². The van der Waals surface area contributed by atoms with E-state index >= 15 is 0 Å². The average molecular weight is 420 g/mol. The van der Waals surface area contributed by atoms with Crippen LogP contribution in [0.25, 0.3) is 0 Å². The number of methoxy groups -OCH3 is 1. The van der Waals surface area contributed by atoms with Gasteiger partial charge in [0.15, 0.2) is 11.5 Å². The summed E-state index contributed by atoms with van der Waals surface area (Å²) in [7, 11) is 1.57. The molecule has 0 saturated heterocycles. The van der Waals surface area contributed by atoms with Gasteiger partial charge in [0.05, 0.1) is 7.11 Å². The summed E-state index contributed by atoms with van der Waals surface area (Å²) in [6.07, 6.45) is 11.9. The predicted octanol–water partition coefficient (Wildman–Crippen LogP) is 3.33. The Balaban J connectivity index is 1.89. The van der Waals surface area contributed by atoms with Crippen LogP contribution in [-0.4, -0.2) is 38.9 Å². The van der Waals surface area contributed by atoms with Crippen LogP contribution < -0.4 is 14.8 Å². The van der Waals surface area contributed by atoms with Gasteiger partial charge >= 0.3 is 0 Å². The van der Waals surface area contributed by atoms with Crippen molar-refractivity contribution < 1.29 is 19.0 Å². The Labute approximate surface area is 185 Å². The Bertz CT molecular complexity index is 922. The van der Waals surface area contributed by atoms with Crippen LogP contribution in [0.15, 0.2) is 42.5 Å². The van der Waals surface area contributed by atoms with Crippen LogP contribution in [0, 0.1) is 31.6 Å². The molecule has 0 fully saturated rings. The molecule has 0 aliphatic rings. The summed E-state index contributed by atoms with van der Waals surface area (Å²) < 4.78 is 16.4. The van der Waals surface area contributed by atoms with E-state index in [0.717, 1.165) is 17.5 Å². The van der Waals surface area contributed by atoms with Crippen molar-refractivity contribution in [3.8, 4) is 36.2 Å². The number of benzene rings is 2. The van der Waals surface area contributed by atoms with Gasteiger partial charge in [0.2, 0.25) is 5.91 Å². The zero-order chi connectivity index (χ0) is 22.5. The zero-order valence-corrected chi connectivity index (χ0v) is 18.1. The molecule has 5 heteroatoms. The van der Waals surface area contributed by atoms with Crippen LogP contribution >= 0.6 is 0 Å². The zero-order valence-electron chi connectivity index (χ0n) is 18.1. The topological polar surface area (TPSA) is 56.8 Å². The number of amides is 1. The highest BCUT2D eigenvalue weighted by molar-refractivity contribution is 5.80. The Kier molecular flexibility index (Phi) is 10.0. The molecule has 0 aliphatic heterocycles. The molecular formula is C26H29NO4. The summed E-state index contributed by atoms with van der Waals surface area (Å²) >= 11 is 0. The lowest BCUT2D eigenvalue weighted by molar-refractivity contribution is -0.132. The third kappa shape index (κ3) is 8.09. The number of aryl methyl sites for hydroxylation is 2. The van der Waals surface area contributed by atoms with Crippen LogP contribution in [-0.2, 0) is 22.4 Å². The Morgan fingerprint density at radius 1 is 1.00 bits per heavy atom. The highest BCUT2D eigenvalue weighted by atomic mass is 16.5. The normalized spacial score (nSPS) is 11.1. The van der Waals surface area contributed by atoms with E-state index in [-0.39, 0.29) is 19.1 Å². The minimum atomic E-state index is -0.591. The fourth-order valence-electron chi connectivity index (χ4n) is 3.04. The summed E-state index contributed by atoms with van der Waals surface area (Å²) in [5, 5.41) is 2.94. The molecule has 0 aliphatic carbocycles. The lowest BCUT2D eigenvalue weighted by Crippen LogP contribution is -2.38. The summed E-state index contributed by atoms with van der Waals surface area (Å²) in [6, 6.07) is 13.9. The van der Waals surface area contributed by atoms with Gasteiger partial charge < -0.3 is 19.5 Å². The van der Waals surface area contributed by atoms with E-state index in [1.807, 2.05) is 25.1 Å². The van der Waals surface area contributed by atoms with Crippen molar-refractivity contribution in [2.75, 3.05) is 26.9 Å². The first kappa shape index (κ1) is 23.9. The van der Waals surface area contributed by atoms with E-state index in [0.29, 0.717) is 30.9 Å². The van der Waals surface area contributed by atoms with Crippen LogP contribution in [0.3, 0.4) is 0 Å². The first-order chi connectivity index (χ1) is 15.1. The van der Waals surface area contributed by atoms with Gasteiger partial charge in [-0.1, -0.05) is 47.7 Å². The summed E-state index contributed by atoms with van der Waals surface area (Å²) in [4.78, 5) is 12.6. The Morgan fingerprint density at radius 3 is 2.39 bits per heavy atom. The van der Waals surface area contributed by atoms with Crippen LogP contribution in [0.1, 0.15) is 23.1 Å². The maximum atomic E-state index is 12.6. The number of rotatable bonds is 12. The van der Waals surface area contributed by atoms with Crippen molar-refractivity contribution in [1.82, 2.24) is 5.32 Å². The molecule has 1 N–H and O–H groups in total. The molecule has 2 rings (SSSR count). The first-order valence-corrected chi connectivity index (χ1v) is 10.2. The average Bonchev–Trinajstić information content (AvgIpc) is 2.79. The minimum Gasteiger partial charge on any atom is -0.493 e.